The van der Waals surface area contributed by atoms with Crippen molar-refractivity contribution in [2.24, 2.45) is 11.7 Å². The van der Waals surface area contributed by atoms with Crippen molar-refractivity contribution >= 4 is 17.8 Å². The van der Waals surface area contributed by atoms with Gasteiger partial charge in [0, 0.05) is 0 Å². The lowest BCUT2D eigenvalue weighted by molar-refractivity contribution is -0.152. The Kier molecular flexibility index (Phi) is 4.88. The smallest absolute Gasteiger partial charge is 0.323 e. The van der Waals surface area contributed by atoms with Crippen LogP contribution in [0.3, 0.4) is 0 Å². The topological polar surface area (TPSA) is 121 Å². The van der Waals surface area contributed by atoms with E-state index in [1.807, 2.05) is 6.92 Å². The Morgan fingerprint density at radius 2 is 1.79 bits per heavy atom. The fraction of sp³-hybridized carbons (Fsp3) is 0.750. The van der Waals surface area contributed by atoms with Gasteiger partial charge in [-0.1, -0.05) is 19.8 Å². The molecule has 7 heteroatoms. The number of amides is 1. The molecule has 0 heterocycles. The van der Waals surface area contributed by atoms with Gasteiger partial charge in [0.05, 0.1) is 5.54 Å². The first kappa shape index (κ1) is 15.4. The predicted octanol–water partition coefficient (Wildman–Crippen LogP) is -0.108. The highest BCUT2D eigenvalue weighted by Crippen LogP contribution is 2.31. The van der Waals surface area contributed by atoms with E-state index in [4.69, 9.17) is 15.9 Å². The second-order valence-electron chi connectivity index (χ2n) is 5.31. The fourth-order valence-corrected chi connectivity index (χ4v) is 2.63. The van der Waals surface area contributed by atoms with Crippen molar-refractivity contribution in [1.82, 2.24) is 4.90 Å². The maximum absolute atomic E-state index is 12.3. The zero-order valence-corrected chi connectivity index (χ0v) is 11.0. The summed E-state index contributed by atoms with van der Waals surface area (Å²) in [5, 5.41) is 17.5. The molecule has 1 aliphatic rings. The van der Waals surface area contributed by atoms with Crippen molar-refractivity contribution < 1.29 is 24.6 Å². The lowest BCUT2D eigenvalue weighted by Gasteiger charge is -2.38. The number of hydrogen-bond donors (Lipinski definition) is 3. The van der Waals surface area contributed by atoms with Crippen LogP contribution in [-0.4, -0.2) is 51.6 Å². The van der Waals surface area contributed by atoms with E-state index in [9.17, 15) is 14.4 Å². The Morgan fingerprint density at radius 1 is 1.26 bits per heavy atom. The van der Waals surface area contributed by atoms with E-state index in [-0.39, 0.29) is 5.92 Å². The second kappa shape index (κ2) is 6.01. The van der Waals surface area contributed by atoms with Crippen LogP contribution in [0.5, 0.6) is 0 Å². The summed E-state index contributed by atoms with van der Waals surface area (Å²) < 4.78 is 0. The average Bonchev–Trinajstić information content (AvgIpc) is 2.25. The average molecular weight is 272 g/mol. The van der Waals surface area contributed by atoms with Crippen LogP contribution in [0.4, 0.5) is 0 Å². The third-order valence-corrected chi connectivity index (χ3v) is 3.40. The molecule has 0 aromatic rings. The lowest BCUT2D eigenvalue weighted by atomic mass is 9.76. The Balaban J connectivity index is 2.84. The number of carboxylic acid groups (broad SMARTS) is 2. The van der Waals surface area contributed by atoms with Crippen molar-refractivity contribution in [2.75, 3.05) is 13.1 Å². The number of aliphatic carboxylic acids is 2. The first-order valence-corrected chi connectivity index (χ1v) is 6.26. The van der Waals surface area contributed by atoms with Crippen LogP contribution in [0.25, 0.3) is 0 Å². The highest BCUT2D eigenvalue weighted by molar-refractivity contribution is 5.91. The number of carbonyl (C=O) groups is 3. The van der Waals surface area contributed by atoms with Gasteiger partial charge in [-0.25, -0.2) is 0 Å². The summed E-state index contributed by atoms with van der Waals surface area (Å²) in [5.74, 6) is -2.80. The van der Waals surface area contributed by atoms with Crippen molar-refractivity contribution in [1.29, 1.82) is 0 Å². The van der Waals surface area contributed by atoms with Crippen molar-refractivity contribution in [3.8, 4) is 0 Å². The molecule has 7 nitrogen and oxygen atoms in total. The molecule has 1 aliphatic carbocycles. The summed E-state index contributed by atoms with van der Waals surface area (Å²) in [6.45, 7) is 0.698. The number of nitrogens with zero attached hydrogens (tertiary/aromatic N) is 1. The molecule has 0 aromatic heterocycles. The summed E-state index contributed by atoms with van der Waals surface area (Å²) in [5.41, 5.74) is 4.93. The predicted molar refractivity (Wildman–Crippen MR) is 66.4 cm³/mol. The maximum Gasteiger partial charge on any atom is 0.323 e. The van der Waals surface area contributed by atoms with Crippen LogP contribution in [-0.2, 0) is 14.4 Å². The van der Waals surface area contributed by atoms with Gasteiger partial charge in [-0.2, -0.15) is 0 Å². The van der Waals surface area contributed by atoms with Crippen molar-refractivity contribution in [2.45, 2.75) is 38.1 Å². The molecule has 1 fully saturated rings. The molecule has 1 saturated carbocycles. The minimum Gasteiger partial charge on any atom is -0.480 e. The Hall–Kier alpha value is -1.63. The van der Waals surface area contributed by atoms with Crippen LogP contribution in [0, 0.1) is 5.92 Å². The third-order valence-electron chi connectivity index (χ3n) is 3.40. The molecule has 0 aliphatic heterocycles. The van der Waals surface area contributed by atoms with E-state index in [1.165, 1.54) is 0 Å². The SMILES string of the molecule is CC1CCCC(N)(C(=O)N(CC(=O)O)CC(=O)O)C1. The van der Waals surface area contributed by atoms with Crippen molar-refractivity contribution in [3.05, 3.63) is 0 Å². The van der Waals surface area contributed by atoms with E-state index in [0.717, 1.165) is 17.7 Å². The summed E-state index contributed by atoms with van der Waals surface area (Å²) in [6, 6.07) is 0. The third kappa shape index (κ3) is 4.20. The first-order valence-electron chi connectivity index (χ1n) is 6.26. The molecule has 2 atom stereocenters. The zero-order chi connectivity index (χ0) is 14.6. The number of rotatable bonds is 5. The summed E-state index contributed by atoms with van der Waals surface area (Å²) in [6.07, 6.45) is 2.69. The monoisotopic (exact) mass is 272 g/mol. The molecule has 19 heavy (non-hydrogen) atoms. The van der Waals surface area contributed by atoms with Crippen LogP contribution < -0.4 is 5.73 Å². The van der Waals surface area contributed by atoms with E-state index in [2.05, 4.69) is 0 Å². The molecule has 108 valence electrons. The van der Waals surface area contributed by atoms with Crippen LogP contribution in [0.15, 0.2) is 0 Å². The highest BCUT2D eigenvalue weighted by atomic mass is 16.4. The molecule has 0 saturated heterocycles. The molecule has 2 unspecified atom stereocenters. The van der Waals surface area contributed by atoms with Gasteiger partial charge in [0.25, 0.3) is 0 Å². The van der Waals surface area contributed by atoms with Gasteiger partial charge in [-0.15, -0.1) is 0 Å². The molecular weight excluding hydrogens is 252 g/mol. The summed E-state index contributed by atoms with van der Waals surface area (Å²) >= 11 is 0. The minimum absolute atomic E-state index is 0.277. The molecule has 4 N–H and O–H groups in total. The van der Waals surface area contributed by atoms with Crippen LogP contribution in [0.1, 0.15) is 32.6 Å². The normalized spacial score (nSPS) is 26.7. The molecular formula is C12H20N2O5. The van der Waals surface area contributed by atoms with Crippen molar-refractivity contribution in [3.63, 3.8) is 0 Å². The summed E-state index contributed by atoms with van der Waals surface area (Å²) in [4.78, 5) is 34.6. The van der Waals surface area contributed by atoms with E-state index in [0.29, 0.717) is 12.8 Å². The van der Waals surface area contributed by atoms with Crippen LogP contribution >= 0.6 is 0 Å². The Bertz CT molecular complexity index is 368. The molecule has 0 radical (unpaired) electrons. The fourth-order valence-electron chi connectivity index (χ4n) is 2.63. The molecule has 0 spiro atoms. The highest BCUT2D eigenvalue weighted by Gasteiger charge is 2.41. The quantitative estimate of drug-likeness (QED) is 0.642. The van der Waals surface area contributed by atoms with Gasteiger partial charge in [-0.3, -0.25) is 14.4 Å². The number of nitrogens with two attached hydrogens (primary N) is 1. The molecule has 0 bridgehead atoms. The van der Waals surface area contributed by atoms with Gasteiger partial charge in [0.15, 0.2) is 0 Å². The second-order valence-corrected chi connectivity index (χ2v) is 5.31. The lowest BCUT2D eigenvalue weighted by Crippen LogP contribution is -2.59. The molecule has 1 rings (SSSR count). The standard InChI is InChI=1S/C12H20N2O5/c1-8-3-2-4-12(13,5-8)11(19)14(6-9(15)16)7-10(17)18/h8H,2-7,13H2,1H3,(H,15,16)(H,17,18). The van der Waals surface area contributed by atoms with Gasteiger partial charge in [0.1, 0.15) is 13.1 Å². The zero-order valence-electron chi connectivity index (χ0n) is 11.0. The van der Waals surface area contributed by atoms with Gasteiger partial charge < -0.3 is 20.8 Å². The molecule has 0 aromatic carbocycles. The molecule has 1 amide bonds. The van der Waals surface area contributed by atoms with Gasteiger partial charge in [-0.05, 0) is 18.8 Å². The van der Waals surface area contributed by atoms with Gasteiger partial charge in [0.2, 0.25) is 5.91 Å². The minimum atomic E-state index is -1.25. The Morgan fingerprint density at radius 3 is 2.21 bits per heavy atom. The van der Waals surface area contributed by atoms with E-state index >= 15 is 0 Å². The first-order chi connectivity index (χ1) is 8.74. The Labute approximate surface area is 111 Å². The number of hydrogen-bond acceptors (Lipinski definition) is 4. The summed E-state index contributed by atoms with van der Waals surface area (Å²) in [7, 11) is 0. The maximum atomic E-state index is 12.3. The largest absolute Gasteiger partial charge is 0.480 e. The van der Waals surface area contributed by atoms with E-state index in [1.54, 1.807) is 0 Å². The number of carbonyl (C=O) groups excluding carboxylic acids is 1. The van der Waals surface area contributed by atoms with E-state index < -0.39 is 36.5 Å². The van der Waals surface area contributed by atoms with Crippen LogP contribution in [0.2, 0.25) is 0 Å². The van der Waals surface area contributed by atoms with Gasteiger partial charge >= 0.3 is 11.9 Å². The number of carboxylic acids is 2.